The van der Waals surface area contributed by atoms with Crippen LogP contribution in [0.3, 0.4) is 0 Å². The molecule has 1 aliphatic carbocycles. The molecule has 4 aromatic rings. The van der Waals surface area contributed by atoms with Crippen LogP contribution in [0.5, 0.6) is 0 Å². The van der Waals surface area contributed by atoms with E-state index in [1.807, 2.05) is 42.1 Å². The minimum Gasteiger partial charge on any atom is -0.368 e. The van der Waals surface area contributed by atoms with Gasteiger partial charge in [0, 0.05) is 30.5 Å². The molecule has 0 atom stereocenters. The maximum Gasteiger partial charge on any atom is 0.333 e. The fourth-order valence-corrected chi connectivity index (χ4v) is 3.47. The van der Waals surface area contributed by atoms with Crippen molar-refractivity contribution in [2.24, 2.45) is 7.05 Å². The van der Waals surface area contributed by atoms with E-state index < -0.39 is 12.1 Å². The molecule has 5 rings (SSSR count). The van der Waals surface area contributed by atoms with Crippen molar-refractivity contribution in [1.82, 2.24) is 29.3 Å². The number of hydrogen-bond donors (Lipinski definition) is 2. The summed E-state index contributed by atoms with van der Waals surface area (Å²) in [5.74, 6) is 0.818. The first-order valence-electron chi connectivity index (χ1n) is 9.12. The molecular weight excluding hydrogens is 378 g/mol. The predicted octanol–water partition coefficient (Wildman–Crippen LogP) is 3.31. The largest absolute Gasteiger partial charge is 0.368 e. The summed E-state index contributed by atoms with van der Waals surface area (Å²) in [7, 11) is 1.97. The predicted molar refractivity (Wildman–Crippen MR) is 104 cm³/mol. The summed E-state index contributed by atoms with van der Waals surface area (Å²) in [5.41, 5.74) is 7.74. The smallest absolute Gasteiger partial charge is 0.333 e. The molecule has 0 bridgehead atoms. The Morgan fingerprint density at radius 3 is 2.66 bits per heavy atom. The molecule has 8 nitrogen and oxygen atoms in total. The van der Waals surface area contributed by atoms with E-state index in [0.29, 0.717) is 22.1 Å². The van der Waals surface area contributed by atoms with Crippen molar-refractivity contribution in [3.05, 3.63) is 48.4 Å². The van der Waals surface area contributed by atoms with Crippen molar-refractivity contribution in [3.63, 3.8) is 0 Å². The Hall–Kier alpha value is -3.56. The molecular formula is C19H18F2N8. The van der Waals surface area contributed by atoms with Crippen molar-refractivity contribution >= 4 is 22.8 Å². The van der Waals surface area contributed by atoms with E-state index >= 15 is 0 Å². The van der Waals surface area contributed by atoms with Crippen LogP contribution in [0.4, 0.5) is 20.7 Å². The standard InChI is InChI=1S/C19H18F2N8/c1-28-8-4-11-2-3-12(10-13(11)28)15-23-17(22)25-18(24-15)26-19(6-7-19)14-5-9-29(27-14)16(20)21/h2-5,8-10,16H,6-7H2,1H3,(H3,22,23,24,25,26). The average molecular weight is 396 g/mol. The van der Waals surface area contributed by atoms with Gasteiger partial charge >= 0.3 is 6.55 Å². The summed E-state index contributed by atoms with van der Waals surface area (Å²) in [4.78, 5) is 13.0. The van der Waals surface area contributed by atoms with Gasteiger partial charge in [0.15, 0.2) is 5.82 Å². The summed E-state index contributed by atoms with van der Waals surface area (Å²) in [5, 5.41) is 8.32. The second kappa shape index (κ2) is 6.23. The number of rotatable bonds is 5. The van der Waals surface area contributed by atoms with Crippen LogP contribution in [0.25, 0.3) is 22.3 Å². The molecule has 10 heteroatoms. The van der Waals surface area contributed by atoms with Crippen LogP contribution in [0.1, 0.15) is 25.1 Å². The molecule has 3 heterocycles. The summed E-state index contributed by atoms with van der Waals surface area (Å²) >= 11 is 0. The number of aromatic nitrogens is 6. The lowest BCUT2D eigenvalue weighted by molar-refractivity contribution is 0.0560. The lowest BCUT2D eigenvalue weighted by Crippen LogP contribution is -2.22. The summed E-state index contributed by atoms with van der Waals surface area (Å²) in [6.07, 6.45) is 4.73. The minimum atomic E-state index is -2.67. The first-order valence-corrected chi connectivity index (χ1v) is 9.12. The third-order valence-corrected chi connectivity index (χ3v) is 5.20. The van der Waals surface area contributed by atoms with Crippen LogP contribution in [0, 0.1) is 0 Å². The second-order valence-electron chi connectivity index (χ2n) is 7.21. The monoisotopic (exact) mass is 396 g/mol. The van der Waals surface area contributed by atoms with E-state index in [0.717, 1.165) is 29.3 Å². The highest BCUT2D eigenvalue weighted by molar-refractivity contribution is 5.84. The van der Waals surface area contributed by atoms with Crippen LogP contribution >= 0.6 is 0 Å². The van der Waals surface area contributed by atoms with Crippen LogP contribution in [-0.2, 0) is 12.6 Å². The van der Waals surface area contributed by atoms with Gasteiger partial charge in [-0.1, -0.05) is 12.1 Å². The van der Waals surface area contributed by atoms with E-state index in [2.05, 4.69) is 25.4 Å². The number of benzene rings is 1. The Morgan fingerprint density at radius 2 is 1.93 bits per heavy atom. The van der Waals surface area contributed by atoms with Crippen LogP contribution in [-0.4, -0.2) is 29.3 Å². The molecule has 0 aliphatic heterocycles. The van der Waals surface area contributed by atoms with Crippen LogP contribution < -0.4 is 11.1 Å². The quantitative estimate of drug-likeness (QED) is 0.537. The zero-order valence-corrected chi connectivity index (χ0v) is 15.5. The third-order valence-electron chi connectivity index (χ3n) is 5.20. The fraction of sp³-hybridized carbons (Fsp3) is 0.263. The molecule has 0 unspecified atom stereocenters. The average Bonchev–Trinajstić information content (AvgIpc) is 3.13. The number of nitrogens with zero attached hydrogens (tertiary/aromatic N) is 6. The number of anilines is 2. The summed E-state index contributed by atoms with van der Waals surface area (Å²) < 4.78 is 28.4. The van der Waals surface area contributed by atoms with Gasteiger partial charge in [-0.3, -0.25) is 0 Å². The fourth-order valence-electron chi connectivity index (χ4n) is 3.47. The Balaban J connectivity index is 1.48. The van der Waals surface area contributed by atoms with E-state index in [-0.39, 0.29) is 5.95 Å². The van der Waals surface area contributed by atoms with Crippen molar-refractivity contribution in [1.29, 1.82) is 0 Å². The third kappa shape index (κ3) is 3.06. The van der Waals surface area contributed by atoms with Crippen molar-refractivity contribution in [2.75, 3.05) is 11.1 Å². The van der Waals surface area contributed by atoms with Crippen LogP contribution in [0.15, 0.2) is 42.7 Å². The van der Waals surface area contributed by atoms with Gasteiger partial charge in [0.25, 0.3) is 0 Å². The lowest BCUT2D eigenvalue weighted by atomic mass is 10.1. The molecule has 0 saturated heterocycles. The van der Waals surface area contributed by atoms with Gasteiger partial charge in [-0.2, -0.15) is 28.8 Å². The van der Waals surface area contributed by atoms with Gasteiger partial charge in [-0.25, -0.2) is 4.68 Å². The molecule has 0 radical (unpaired) electrons. The number of halogens is 2. The van der Waals surface area contributed by atoms with Crippen LogP contribution in [0.2, 0.25) is 0 Å². The highest BCUT2D eigenvalue weighted by Gasteiger charge is 2.47. The number of nitrogens with two attached hydrogens (primary N) is 1. The van der Waals surface area contributed by atoms with E-state index in [4.69, 9.17) is 5.73 Å². The zero-order valence-electron chi connectivity index (χ0n) is 15.5. The molecule has 1 aromatic carbocycles. The lowest BCUT2D eigenvalue weighted by Gasteiger charge is -2.16. The SMILES string of the molecule is Cn1ccc2ccc(-c3nc(N)nc(NC4(c5ccn(C(F)F)n5)CC4)n3)cc21. The van der Waals surface area contributed by atoms with Gasteiger partial charge in [0.1, 0.15) is 0 Å². The summed E-state index contributed by atoms with van der Waals surface area (Å²) in [6, 6.07) is 9.53. The normalized spacial score (nSPS) is 15.2. The van der Waals surface area contributed by atoms with Crippen molar-refractivity contribution < 1.29 is 8.78 Å². The molecule has 1 fully saturated rings. The molecule has 0 amide bonds. The topological polar surface area (TPSA) is 99.5 Å². The highest BCUT2D eigenvalue weighted by Crippen LogP contribution is 2.47. The number of nitrogens with one attached hydrogen (secondary N) is 1. The number of fused-ring (bicyclic) bond motifs is 1. The molecule has 148 valence electrons. The minimum absolute atomic E-state index is 0.0818. The van der Waals surface area contributed by atoms with Gasteiger partial charge < -0.3 is 15.6 Å². The first-order chi connectivity index (χ1) is 13.9. The van der Waals surface area contributed by atoms with Crippen molar-refractivity contribution in [2.45, 2.75) is 24.9 Å². The number of alkyl halides is 2. The molecule has 1 aliphatic rings. The molecule has 0 spiro atoms. The summed E-state index contributed by atoms with van der Waals surface area (Å²) in [6.45, 7) is -2.67. The number of aryl methyl sites for hydroxylation is 1. The van der Waals surface area contributed by atoms with E-state index in [9.17, 15) is 8.78 Å². The molecule has 3 N–H and O–H groups in total. The van der Waals surface area contributed by atoms with Gasteiger partial charge in [0.05, 0.1) is 11.2 Å². The first kappa shape index (κ1) is 17.5. The Kier molecular flexibility index (Phi) is 3.76. The maximum atomic E-state index is 12.9. The molecule has 1 saturated carbocycles. The molecule has 3 aromatic heterocycles. The number of nitrogen functional groups attached to an aromatic ring is 1. The maximum absolute atomic E-state index is 12.9. The Bertz CT molecular complexity index is 1210. The molecule has 29 heavy (non-hydrogen) atoms. The van der Waals surface area contributed by atoms with Gasteiger partial charge in [0.2, 0.25) is 11.9 Å². The Labute approximate surface area is 164 Å². The second-order valence-corrected chi connectivity index (χ2v) is 7.21. The zero-order chi connectivity index (χ0) is 20.2. The van der Waals surface area contributed by atoms with E-state index in [1.165, 1.54) is 6.20 Å². The highest BCUT2D eigenvalue weighted by atomic mass is 19.3. The number of hydrogen-bond acceptors (Lipinski definition) is 6. The van der Waals surface area contributed by atoms with Gasteiger partial charge in [-0.05, 0) is 36.4 Å². The van der Waals surface area contributed by atoms with Gasteiger partial charge in [-0.15, -0.1) is 0 Å². The Morgan fingerprint density at radius 1 is 1.10 bits per heavy atom. The van der Waals surface area contributed by atoms with Crippen molar-refractivity contribution in [3.8, 4) is 11.4 Å². The van der Waals surface area contributed by atoms with E-state index in [1.54, 1.807) is 6.07 Å².